The normalized spacial score (nSPS) is 14.6. The molecule has 0 spiro atoms. The van der Waals surface area contributed by atoms with Crippen LogP contribution < -0.4 is 15.5 Å². The lowest BCUT2D eigenvalue weighted by Crippen LogP contribution is -2.38. The molecule has 154 valence electrons. The zero-order valence-electron chi connectivity index (χ0n) is 16.4. The van der Waals surface area contributed by atoms with Crippen molar-refractivity contribution < 1.29 is 4.79 Å². The minimum Gasteiger partial charge on any atom is -0.355 e. The lowest BCUT2D eigenvalue weighted by Gasteiger charge is -2.32. The van der Waals surface area contributed by atoms with Gasteiger partial charge in [0, 0.05) is 31.2 Å². The molecule has 1 amide bonds. The van der Waals surface area contributed by atoms with Gasteiger partial charge in [0.25, 0.3) is 0 Å². The zero-order chi connectivity index (χ0) is 19.3. The predicted octanol–water partition coefficient (Wildman–Crippen LogP) is 2.51. The van der Waals surface area contributed by atoms with Crippen LogP contribution in [0.1, 0.15) is 25.3 Å². The maximum atomic E-state index is 12.8. The molecule has 0 atom stereocenters. The number of piperidine rings is 1. The molecule has 0 radical (unpaired) electrons. The number of fused-ring (bicyclic) bond motifs is 1. The van der Waals surface area contributed by atoms with E-state index in [2.05, 4.69) is 37.8 Å². The van der Waals surface area contributed by atoms with Crippen molar-refractivity contribution in [3.63, 3.8) is 0 Å². The third-order valence-electron chi connectivity index (χ3n) is 5.18. The summed E-state index contributed by atoms with van der Waals surface area (Å²) in [6.07, 6.45) is 3.22. The molecule has 1 aliphatic rings. The number of benzene rings is 1. The number of nitrogens with zero attached hydrogens (tertiary/aromatic N) is 5. The maximum absolute atomic E-state index is 12.8. The summed E-state index contributed by atoms with van der Waals surface area (Å²) in [4.78, 5) is 15.0. The first-order valence-corrected chi connectivity index (χ1v) is 9.76. The van der Waals surface area contributed by atoms with Crippen molar-refractivity contribution in [2.45, 2.75) is 26.3 Å². The van der Waals surface area contributed by atoms with Crippen molar-refractivity contribution in [3.8, 4) is 0 Å². The van der Waals surface area contributed by atoms with E-state index in [1.807, 2.05) is 36.4 Å². The van der Waals surface area contributed by atoms with Crippen LogP contribution in [0.5, 0.6) is 0 Å². The molecule has 0 unspecified atom stereocenters. The van der Waals surface area contributed by atoms with Gasteiger partial charge in [-0.1, -0.05) is 25.1 Å². The molecule has 2 N–H and O–H groups in total. The van der Waals surface area contributed by atoms with E-state index in [0.717, 1.165) is 61.7 Å². The van der Waals surface area contributed by atoms with Crippen LogP contribution in [0, 0.1) is 5.92 Å². The molecule has 8 nitrogen and oxygen atoms in total. The molecule has 2 aromatic heterocycles. The fourth-order valence-electron chi connectivity index (χ4n) is 3.55. The summed E-state index contributed by atoms with van der Waals surface area (Å²) in [6, 6.07) is 11.9. The minimum absolute atomic E-state index is 0. The van der Waals surface area contributed by atoms with E-state index in [1.54, 1.807) is 10.8 Å². The summed E-state index contributed by atoms with van der Waals surface area (Å²) in [5.74, 6) is 1.01. The number of amides is 1. The first kappa shape index (κ1) is 21.0. The number of hydrogen-bond acceptors (Lipinski definition) is 6. The Balaban J connectivity index is 0.00000240. The van der Waals surface area contributed by atoms with Crippen LogP contribution >= 0.6 is 12.4 Å². The number of carbonyl (C=O) groups is 1. The van der Waals surface area contributed by atoms with Gasteiger partial charge in [-0.05, 0) is 43.1 Å². The van der Waals surface area contributed by atoms with Gasteiger partial charge in [0.05, 0.1) is 0 Å². The van der Waals surface area contributed by atoms with Crippen LogP contribution in [-0.4, -0.2) is 45.4 Å². The van der Waals surface area contributed by atoms with Gasteiger partial charge in [0.15, 0.2) is 5.65 Å². The molecule has 4 rings (SSSR count). The second-order valence-corrected chi connectivity index (χ2v) is 7.01. The van der Waals surface area contributed by atoms with Crippen LogP contribution in [0.2, 0.25) is 0 Å². The Kier molecular flexibility index (Phi) is 7.00. The predicted molar refractivity (Wildman–Crippen MR) is 115 cm³/mol. The van der Waals surface area contributed by atoms with Gasteiger partial charge >= 0.3 is 0 Å². The van der Waals surface area contributed by atoms with E-state index in [9.17, 15) is 4.79 Å². The second kappa shape index (κ2) is 9.67. The van der Waals surface area contributed by atoms with Gasteiger partial charge in [0.1, 0.15) is 12.1 Å². The summed E-state index contributed by atoms with van der Waals surface area (Å²) in [5, 5.41) is 18.8. The third kappa shape index (κ3) is 4.83. The van der Waals surface area contributed by atoms with E-state index in [0.29, 0.717) is 0 Å². The van der Waals surface area contributed by atoms with E-state index in [-0.39, 0.29) is 24.2 Å². The first-order valence-electron chi connectivity index (χ1n) is 9.76. The van der Waals surface area contributed by atoms with Crippen molar-refractivity contribution in [1.82, 2.24) is 25.1 Å². The summed E-state index contributed by atoms with van der Waals surface area (Å²) in [7, 11) is 0. The Morgan fingerprint density at radius 3 is 2.76 bits per heavy atom. The van der Waals surface area contributed by atoms with Crippen LogP contribution in [0.3, 0.4) is 0 Å². The molecule has 0 bridgehead atoms. The van der Waals surface area contributed by atoms with Crippen LogP contribution in [0.25, 0.3) is 5.65 Å². The molecular formula is C20H26ClN7O. The number of carbonyl (C=O) groups excluding carboxylic acids is 1. The highest BCUT2D eigenvalue weighted by Crippen LogP contribution is 2.24. The molecule has 1 fully saturated rings. The van der Waals surface area contributed by atoms with E-state index in [4.69, 9.17) is 0 Å². The van der Waals surface area contributed by atoms with Crippen LogP contribution in [0.15, 0.2) is 42.7 Å². The fraction of sp³-hybridized carbons (Fsp3) is 0.400. The van der Waals surface area contributed by atoms with Crippen molar-refractivity contribution in [2.75, 3.05) is 29.9 Å². The van der Waals surface area contributed by atoms with Gasteiger partial charge < -0.3 is 15.5 Å². The Morgan fingerprint density at radius 2 is 1.97 bits per heavy atom. The van der Waals surface area contributed by atoms with Crippen molar-refractivity contribution >= 4 is 35.5 Å². The lowest BCUT2D eigenvalue weighted by atomic mass is 9.95. The highest BCUT2D eigenvalue weighted by molar-refractivity contribution is 5.93. The standard InChI is InChI=1S/C20H25N7O.ClH/c1-2-21-13-16-5-3-4-6-17(16)23-20(28)15-9-11-26(12-10-15)19-8-7-18-24-22-14-27(18)25-19;/h3-8,14-15,21H,2,9-13H2,1H3,(H,23,28);1H. The van der Waals surface area contributed by atoms with Crippen LogP contribution in [-0.2, 0) is 11.3 Å². The molecule has 1 saturated heterocycles. The smallest absolute Gasteiger partial charge is 0.227 e. The maximum Gasteiger partial charge on any atom is 0.227 e. The van der Waals surface area contributed by atoms with E-state index >= 15 is 0 Å². The number of halogens is 1. The SMILES string of the molecule is CCNCc1ccccc1NC(=O)C1CCN(c2ccc3nncn3n2)CC1.Cl. The number of rotatable bonds is 6. The first-order chi connectivity index (χ1) is 13.7. The third-order valence-corrected chi connectivity index (χ3v) is 5.18. The number of anilines is 2. The quantitative estimate of drug-likeness (QED) is 0.643. The topological polar surface area (TPSA) is 87.5 Å². The molecule has 29 heavy (non-hydrogen) atoms. The molecule has 3 aromatic rings. The number of para-hydroxylation sites is 1. The minimum atomic E-state index is 0. The van der Waals surface area contributed by atoms with Crippen molar-refractivity contribution in [2.24, 2.45) is 5.92 Å². The van der Waals surface area contributed by atoms with Gasteiger partial charge in [-0.15, -0.1) is 27.7 Å². The van der Waals surface area contributed by atoms with Crippen molar-refractivity contribution in [3.05, 3.63) is 48.3 Å². The Labute approximate surface area is 176 Å². The van der Waals surface area contributed by atoms with Gasteiger partial charge in [-0.2, -0.15) is 4.52 Å². The lowest BCUT2D eigenvalue weighted by molar-refractivity contribution is -0.120. The molecule has 1 aromatic carbocycles. The van der Waals surface area contributed by atoms with Gasteiger partial charge in [-0.3, -0.25) is 4.79 Å². The molecule has 9 heteroatoms. The van der Waals surface area contributed by atoms with Gasteiger partial charge in [-0.25, -0.2) is 0 Å². The average Bonchev–Trinajstić information content (AvgIpc) is 3.21. The highest BCUT2D eigenvalue weighted by atomic mass is 35.5. The number of nitrogens with one attached hydrogen (secondary N) is 2. The summed E-state index contributed by atoms with van der Waals surface area (Å²) in [5.41, 5.74) is 2.74. The molecule has 0 saturated carbocycles. The molecule has 1 aliphatic heterocycles. The number of hydrogen-bond donors (Lipinski definition) is 2. The van der Waals surface area contributed by atoms with Crippen LogP contribution in [0.4, 0.5) is 11.5 Å². The number of aromatic nitrogens is 4. The fourth-order valence-corrected chi connectivity index (χ4v) is 3.55. The average molecular weight is 416 g/mol. The monoisotopic (exact) mass is 415 g/mol. The summed E-state index contributed by atoms with van der Waals surface area (Å²) in [6.45, 7) is 5.33. The molecular weight excluding hydrogens is 390 g/mol. The molecule has 0 aliphatic carbocycles. The highest BCUT2D eigenvalue weighted by Gasteiger charge is 2.26. The summed E-state index contributed by atoms with van der Waals surface area (Å²) < 4.78 is 1.68. The zero-order valence-corrected chi connectivity index (χ0v) is 17.2. The van der Waals surface area contributed by atoms with E-state index in [1.165, 1.54) is 0 Å². The molecule has 3 heterocycles. The Morgan fingerprint density at radius 1 is 1.17 bits per heavy atom. The second-order valence-electron chi connectivity index (χ2n) is 7.01. The van der Waals surface area contributed by atoms with Gasteiger partial charge in [0.2, 0.25) is 5.91 Å². The Hall–Kier alpha value is -2.71. The van der Waals surface area contributed by atoms with Crippen molar-refractivity contribution in [1.29, 1.82) is 0 Å². The van der Waals surface area contributed by atoms with E-state index < -0.39 is 0 Å². The largest absolute Gasteiger partial charge is 0.355 e. The summed E-state index contributed by atoms with van der Waals surface area (Å²) >= 11 is 0. The Bertz CT molecular complexity index is 953.